The highest BCUT2D eigenvalue weighted by molar-refractivity contribution is 9.10. The molecule has 1 amide bonds. The van der Waals surface area contributed by atoms with Crippen LogP contribution in [-0.2, 0) is 0 Å². The van der Waals surface area contributed by atoms with Crippen molar-refractivity contribution in [1.29, 1.82) is 0 Å². The largest absolute Gasteiger partial charge is 0.493 e. The Balaban J connectivity index is 1.67. The molecule has 0 heterocycles. The fraction of sp³-hybridized carbons (Fsp3) is 0.125. The molecule has 33 heavy (non-hydrogen) atoms. The SMILES string of the molecule is COc1ccc(C(=O)NN=Cc2ccc(OC(=O)c3ccc(Br)cc3)c(OC)c2)cc1OC. The average Bonchev–Trinajstić information content (AvgIpc) is 2.84. The van der Waals surface area contributed by atoms with Crippen molar-refractivity contribution in [2.24, 2.45) is 5.10 Å². The average molecular weight is 513 g/mol. The van der Waals surface area contributed by atoms with E-state index in [4.69, 9.17) is 18.9 Å². The van der Waals surface area contributed by atoms with Gasteiger partial charge in [-0.05, 0) is 66.2 Å². The second-order valence-electron chi connectivity index (χ2n) is 6.58. The molecule has 0 aliphatic rings. The molecule has 3 aromatic carbocycles. The highest BCUT2D eigenvalue weighted by atomic mass is 79.9. The van der Waals surface area contributed by atoms with Crippen LogP contribution < -0.4 is 24.4 Å². The fourth-order valence-electron chi connectivity index (χ4n) is 2.80. The zero-order valence-corrected chi connectivity index (χ0v) is 19.7. The molecule has 0 spiro atoms. The van der Waals surface area contributed by atoms with Crippen molar-refractivity contribution in [3.05, 3.63) is 81.8 Å². The van der Waals surface area contributed by atoms with Gasteiger partial charge in [-0.3, -0.25) is 4.79 Å². The van der Waals surface area contributed by atoms with E-state index in [1.165, 1.54) is 27.5 Å². The standard InChI is InChI=1S/C24H21BrN2O6/c1-30-19-11-7-17(13-22(19)32-3)23(28)27-26-14-15-4-10-20(21(12-15)31-2)33-24(29)16-5-8-18(25)9-6-16/h4-14H,1-3H3,(H,27,28). The molecule has 0 aliphatic heterocycles. The molecule has 3 aromatic rings. The van der Waals surface area contributed by atoms with Gasteiger partial charge in [-0.25, -0.2) is 10.2 Å². The summed E-state index contributed by atoms with van der Waals surface area (Å²) in [7, 11) is 4.47. The second-order valence-corrected chi connectivity index (χ2v) is 7.49. The van der Waals surface area contributed by atoms with Gasteiger partial charge in [-0.15, -0.1) is 0 Å². The van der Waals surface area contributed by atoms with Crippen molar-refractivity contribution < 1.29 is 28.5 Å². The molecular formula is C24H21BrN2O6. The van der Waals surface area contributed by atoms with Crippen LogP contribution >= 0.6 is 15.9 Å². The van der Waals surface area contributed by atoms with Crippen molar-refractivity contribution in [2.45, 2.75) is 0 Å². The number of esters is 1. The molecule has 0 atom stereocenters. The first kappa shape index (κ1) is 23.8. The third-order valence-corrected chi connectivity index (χ3v) is 5.02. The van der Waals surface area contributed by atoms with Crippen molar-refractivity contribution in [3.8, 4) is 23.0 Å². The molecule has 0 saturated carbocycles. The first-order valence-corrected chi connectivity index (χ1v) is 10.5. The summed E-state index contributed by atoms with van der Waals surface area (Å²) in [5, 5.41) is 3.97. The molecule has 170 valence electrons. The lowest BCUT2D eigenvalue weighted by molar-refractivity contribution is 0.0729. The molecule has 3 rings (SSSR count). The zero-order valence-electron chi connectivity index (χ0n) is 18.1. The maximum Gasteiger partial charge on any atom is 0.343 e. The van der Waals surface area contributed by atoms with Crippen LogP contribution in [0.3, 0.4) is 0 Å². The number of hydrogen-bond acceptors (Lipinski definition) is 7. The molecule has 0 aliphatic carbocycles. The van der Waals surface area contributed by atoms with Crippen LogP contribution in [0.15, 0.2) is 70.2 Å². The highest BCUT2D eigenvalue weighted by Crippen LogP contribution is 2.29. The van der Waals surface area contributed by atoms with Gasteiger partial charge in [-0.1, -0.05) is 15.9 Å². The van der Waals surface area contributed by atoms with Gasteiger partial charge in [0.2, 0.25) is 0 Å². The molecule has 0 bridgehead atoms. The van der Waals surface area contributed by atoms with E-state index in [9.17, 15) is 9.59 Å². The summed E-state index contributed by atoms with van der Waals surface area (Å²) >= 11 is 3.33. The van der Waals surface area contributed by atoms with Crippen LogP contribution in [-0.4, -0.2) is 39.4 Å². The summed E-state index contributed by atoms with van der Waals surface area (Å²) in [5.74, 6) is 0.633. The molecule has 1 N–H and O–H groups in total. The van der Waals surface area contributed by atoms with Crippen LogP contribution in [0.25, 0.3) is 0 Å². The van der Waals surface area contributed by atoms with E-state index in [0.29, 0.717) is 33.9 Å². The Morgan fingerprint density at radius 1 is 0.788 bits per heavy atom. The molecule has 0 saturated heterocycles. The van der Waals surface area contributed by atoms with Crippen LogP contribution in [0.1, 0.15) is 26.3 Å². The summed E-state index contributed by atoms with van der Waals surface area (Å²) < 4.78 is 22.0. The fourth-order valence-corrected chi connectivity index (χ4v) is 3.07. The Kier molecular flexibility index (Phi) is 8.04. The lowest BCUT2D eigenvalue weighted by Gasteiger charge is -2.10. The number of benzene rings is 3. The predicted octanol–water partition coefficient (Wildman–Crippen LogP) is 4.46. The first-order chi connectivity index (χ1) is 15.9. The van der Waals surface area contributed by atoms with Gasteiger partial charge in [0.15, 0.2) is 23.0 Å². The van der Waals surface area contributed by atoms with E-state index >= 15 is 0 Å². The number of nitrogens with zero attached hydrogens (tertiary/aromatic N) is 1. The van der Waals surface area contributed by atoms with Gasteiger partial charge in [0.25, 0.3) is 5.91 Å². The van der Waals surface area contributed by atoms with E-state index in [2.05, 4.69) is 26.5 Å². The van der Waals surface area contributed by atoms with Crippen molar-refractivity contribution in [1.82, 2.24) is 5.43 Å². The van der Waals surface area contributed by atoms with Crippen molar-refractivity contribution in [3.63, 3.8) is 0 Å². The lowest BCUT2D eigenvalue weighted by Crippen LogP contribution is -2.17. The van der Waals surface area contributed by atoms with E-state index in [1.54, 1.807) is 60.7 Å². The highest BCUT2D eigenvalue weighted by Gasteiger charge is 2.13. The Hall–Kier alpha value is -3.85. The Labute approximate surface area is 199 Å². The summed E-state index contributed by atoms with van der Waals surface area (Å²) in [6.07, 6.45) is 1.45. The van der Waals surface area contributed by atoms with E-state index in [-0.39, 0.29) is 5.75 Å². The molecule has 0 radical (unpaired) electrons. The van der Waals surface area contributed by atoms with E-state index in [1.807, 2.05) is 0 Å². The Morgan fingerprint density at radius 2 is 1.39 bits per heavy atom. The number of hydrogen-bond donors (Lipinski definition) is 1. The van der Waals surface area contributed by atoms with Gasteiger partial charge in [0, 0.05) is 10.0 Å². The quantitative estimate of drug-likeness (QED) is 0.207. The molecule has 8 nitrogen and oxygen atoms in total. The number of ether oxygens (including phenoxy) is 4. The van der Waals surface area contributed by atoms with Gasteiger partial charge < -0.3 is 18.9 Å². The third-order valence-electron chi connectivity index (χ3n) is 4.50. The van der Waals surface area contributed by atoms with Crippen molar-refractivity contribution in [2.75, 3.05) is 21.3 Å². The topological polar surface area (TPSA) is 95.5 Å². The van der Waals surface area contributed by atoms with Crippen LogP contribution in [0.2, 0.25) is 0 Å². The van der Waals surface area contributed by atoms with E-state index < -0.39 is 11.9 Å². The molecular weight excluding hydrogens is 492 g/mol. The number of amides is 1. The molecule has 0 fully saturated rings. The minimum absolute atomic E-state index is 0.261. The first-order valence-electron chi connectivity index (χ1n) is 9.66. The van der Waals surface area contributed by atoms with Gasteiger partial charge in [0.05, 0.1) is 33.1 Å². The van der Waals surface area contributed by atoms with Gasteiger partial charge in [0.1, 0.15) is 0 Å². The number of nitrogens with one attached hydrogen (secondary N) is 1. The third kappa shape index (κ3) is 6.11. The Morgan fingerprint density at radius 3 is 2.06 bits per heavy atom. The summed E-state index contributed by atoms with van der Waals surface area (Å²) in [6.45, 7) is 0. The smallest absolute Gasteiger partial charge is 0.343 e. The van der Waals surface area contributed by atoms with Crippen LogP contribution in [0.4, 0.5) is 0 Å². The van der Waals surface area contributed by atoms with Crippen LogP contribution in [0, 0.1) is 0 Å². The van der Waals surface area contributed by atoms with Crippen LogP contribution in [0.5, 0.6) is 23.0 Å². The zero-order chi connectivity index (χ0) is 23.8. The predicted molar refractivity (Wildman–Crippen MR) is 127 cm³/mol. The summed E-state index contributed by atoms with van der Waals surface area (Å²) in [6, 6.07) is 16.5. The minimum Gasteiger partial charge on any atom is -0.493 e. The Bertz CT molecular complexity index is 1180. The maximum atomic E-state index is 12.4. The molecule has 9 heteroatoms. The normalized spacial score (nSPS) is 10.5. The molecule has 0 aromatic heterocycles. The van der Waals surface area contributed by atoms with E-state index in [0.717, 1.165) is 4.47 Å². The minimum atomic E-state index is -0.510. The number of methoxy groups -OCH3 is 3. The number of carbonyl (C=O) groups excluding carboxylic acids is 2. The maximum absolute atomic E-state index is 12.4. The van der Waals surface area contributed by atoms with Crippen molar-refractivity contribution >= 4 is 34.0 Å². The van der Waals surface area contributed by atoms with Gasteiger partial charge >= 0.3 is 5.97 Å². The summed E-state index contributed by atoms with van der Waals surface area (Å²) in [4.78, 5) is 24.7. The number of halogens is 1. The monoisotopic (exact) mass is 512 g/mol. The second kappa shape index (κ2) is 11.1. The number of hydrazone groups is 1. The summed E-state index contributed by atoms with van der Waals surface area (Å²) in [5.41, 5.74) is 3.84. The lowest BCUT2D eigenvalue weighted by atomic mass is 10.2. The van der Waals surface area contributed by atoms with Gasteiger partial charge in [-0.2, -0.15) is 5.10 Å². The number of rotatable bonds is 8. The molecule has 0 unspecified atom stereocenters. The number of carbonyl (C=O) groups is 2.